The first-order valence-electron chi connectivity index (χ1n) is 7.04. The molecule has 3 N–H and O–H groups in total. The molecule has 1 saturated heterocycles. The van der Waals surface area contributed by atoms with Crippen molar-refractivity contribution in [2.75, 3.05) is 19.8 Å². The van der Waals surface area contributed by atoms with Gasteiger partial charge in [-0.15, -0.1) is 0 Å². The van der Waals surface area contributed by atoms with Gasteiger partial charge in [0.2, 0.25) is 11.8 Å². The van der Waals surface area contributed by atoms with Crippen LogP contribution >= 0.6 is 0 Å². The lowest BCUT2D eigenvalue weighted by Gasteiger charge is -2.41. The maximum absolute atomic E-state index is 12.2. The van der Waals surface area contributed by atoms with E-state index in [9.17, 15) is 19.2 Å². The summed E-state index contributed by atoms with van der Waals surface area (Å²) in [4.78, 5) is 48.5. The van der Waals surface area contributed by atoms with Crippen LogP contribution in [-0.2, 0) is 14.3 Å². The summed E-state index contributed by atoms with van der Waals surface area (Å²) >= 11 is 0. The topological polar surface area (TPSA) is 119 Å². The monoisotopic (exact) mass is 317 g/mol. The molecule has 3 rings (SSSR count). The number of carbonyl (C=O) groups excluding carboxylic acids is 4. The van der Waals surface area contributed by atoms with Gasteiger partial charge in [0.1, 0.15) is 6.54 Å². The number of hydrogen-bond acceptors (Lipinski definition) is 5. The zero-order chi connectivity index (χ0) is 16.6. The summed E-state index contributed by atoms with van der Waals surface area (Å²) in [6.07, 6.45) is -0.0547. The Kier molecular flexibility index (Phi) is 3.61. The van der Waals surface area contributed by atoms with Gasteiger partial charge in [0, 0.05) is 0 Å². The van der Waals surface area contributed by atoms with Crippen molar-refractivity contribution in [1.82, 2.24) is 10.2 Å². The van der Waals surface area contributed by atoms with Gasteiger partial charge < -0.3 is 15.8 Å². The molecule has 0 atom stereocenters. The van der Waals surface area contributed by atoms with Crippen molar-refractivity contribution < 1.29 is 23.9 Å². The molecule has 0 bridgehead atoms. The highest BCUT2D eigenvalue weighted by Gasteiger charge is 2.43. The van der Waals surface area contributed by atoms with Crippen LogP contribution in [0.3, 0.4) is 0 Å². The van der Waals surface area contributed by atoms with E-state index in [1.807, 2.05) is 0 Å². The Morgan fingerprint density at radius 3 is 2.17 bits per heavy atom. The van der Waals surface area contributed by atoms with Crippen molar-refractivity contribution in [3.63, 3.8) is 0 Å². The summed E-state index contributed by atoms with van der Waals surface area (Å²) in [5, 5.41) is 2.65. The van der Waals surface area contributed by atoms with E-state index in [-0.39, 0.29) is 30.8 Å². The smallest absolute Gasteiger partial charge is 0.262 e. The van der Waals surface area contributed by atoms with Gasteiger partial charge in [-0.1, -0.05) is 12.1 Å². The normalized spacial score (nSPS) is 18.3. The van der Waals surface area contributed by atoms with Crippen LogP contribution in [-0.4, -0.2) is 53.8 Å². The number of hydrogen-bond donors (Lipinski definition) is 2. The predicted octanol–water partition coefficient (Wildman–Crippen LogP) is -0.957. The van der Waals surface area contributed by atoms with E-state index >= 15 is 0 Å². The summed E-state index contributed by atoms with van der Waals surface area (Å²) in [7, 11) is 0. The fraction of sp³-hybridized carbons (Fsp3) is 0.333. The van der Waals surface area contributed by atoms with Gasteiger partial charge >= 0.3 is 0 Å². The van der Waals surface area contributed by atoms with E-state index in [0.717, 1.165) is 4.90 Å². The van der Waals surface area contributed by atoms with Crippen molar-refractivity contribution in [3.05, 3.63) is 35.4 Å². The van der Waals surface area contributed by atoms with Crippen molar-refractivity contribution >= 4 is 23.6 Å². The molecule has 23 heavy (non-hydrogen) atoms. The molecule has 0 aliphatic carbocycles. The summed E-state index contributed by atoms with van der Waals surface area (Å²) in [5.41, 5.74) is 4.88. The average molecular weight is 317 g/mol. The van der Waals surface area contributed by atoms with E-state index in [1.165, 1.54) is 0 Å². The van der Waals surface area contributed by atoms with Gasteiger partial charge in [0.05, 0.1) is 36.3 Å². The molecular formula is C15H15N3O5. The molecule has 1 aromatic carbocycles. The van der Waals surface area contributed by atoms with Crippen LogP contribution in [0.15, 0.2) is 24.3 Å². The van der Waals surface area contributed by atoms with Gasteiger partial charge in [-0.3, -0.25) is 24.1 Å². The van der Waals surface area contributed by atoms with Gasteiger partial charge in [-0.05, 0) is 12.1 Å². The van der Waals surface area contributed by atoms with Gasteiger partial charge in [-0.25, -0.2) is 0 Å². The average Bonchev–Trinajstić information content (AvgIpc) is 2.70. The van der Waals surface area contributed by atoms with Gasteiger partial charge in [0.15, 0.2) is 0 Å². The van der Waals surface area contributed by atoms with Crippen LogP contribution in [0, 0.1) is 0 Å². The van der Waals surface area contributed by atoms with E-state index in [0.29, 0.717) is 0 Å². The molecule has 8 nitrogen and oxygen atoms in total. The molecule has 8 heteroatoms. The lowest BCUT2D eigenvalue weighted by Crippen LogP contribution is -2.64. The molecule has 2 aliphatic heterocycles. The van der Waals surface area contributed by atoms with Crippen molar-refractivity contribution in [1.29, 1.82) is 0 Å². The Bertz CT molecular complexity index is 676. The predicted molar refractivity (Wildman–Crippen MR) is 77.3 cm³/mol. The summed E-state index contributed by atoms with van der Waals surface area (Å²) in [5.74, 6) is -2.11. The quantitative estimate of drug-likeness (QED) is 0.678. The molecule has 1 aromatic rings. The lowest BCUT2D eigenvalue weighted by molar-refractivity contribution is -0.138. The van der Waals surface area contributed by atoms with E-state index in [4.69, 9.17) is 10.5 Å². The maximum atomic E-state index is 12.2. The summed E-state index contributed by atoms with van der Waals surface area (Å²) < 4.78 is 5.03. The largest absolute Gasteiger partial charge is 0.376 e. The van der Waals surface area contributed by atoms with Gasteiger partial charge in [0.25, 0.3) is 11.8 Å². The summed E-state index contributed by atoms with van der Waals surface area (Å²) in [6, 6.07) is 6.39. The second kappa shape index (κ2) is 5.47. The zero-order valence-corrected chi connectivity index (χ0v) is 12.2. The number of carbonyl (C=O) groups is 4. The van der Waals surface area contributed by atoms with E-state index < -0.39 is 35.7 Å². The SMILES string of the molecule is NC(=O)CC1(NC(=O)CN2C(=O)c3ccccc3C2=O)COC1. The molecule has 2 heterocycles. The number of ether oxygens (including phenoxy) is 1. The number of nitrogens with two attached hydrogens (primary N) is 1. The van der Waals surface area contributed by atoms with Crippen LogP contribution in [0.5, 0.6) is 0 Å². The molecule has 0 aromatic heterocycles. The molecule has 2 aliphatic rings. The van der Waals surface area contributed by atoms with Crippen molar-refractivity contribution in [2.45, 2.75) is 12.0 Å². The minimum atomic E-state index is -0.846. The van der Waals surface area contributed by atoms with Gasteiger partial charge in [-0.2, -0.15) is 0 Å². The Morgan fingerprint density at radius 1 is 1.17 bits per heavy atom. The first-order chi connectivity index (χ1) is 10.9. The number of primary amides is 1. The standard InChI is InChI=1S/C15H15N3O5/c16-11(19)5-15(7-23-8-15)17-12(20)6-18-13(21)9-3-1-2-4-10(9)14(18)22/h1-4H,5-8H2,(H2,16,19)(H,17,20). The minimum Gasteiger partial charge on any atom is -0.376 e. The fourth-order valence-electron chi connectivity index (χ4n) is 2.76. The highest BCUT2D eigenvalue weighted by atomic mass is 16.5. The molecule has 120 valence electrons. The molecule has 0 saturated carbocycles. The van der Waals surface area contributed by atoms with Crippen molar-refractivity contribution in [2.24, 2.45) is 5.73 Å². The molecule has 0 radical (unpaired) electrons. The number of nitrogens with zero attached hydrogens (tertiary/aromatic N) is 1. The first kappa shape index (κ1) is 15.2. The third kappa shape index (κ3) is 2.68. The molecule has 1 fully saturated rings. The van der Waals surface area contributed by atoms with Crippen LogP contribution in [0.1, 0.15) is 27.1 Å². The molecule has 4 amide bonds. The number of fused-ring (bicyclic) bond motifs is 1. The number of imide groups is 1. The van der Waals surface area contributed by atoms with Crippen LogP contribution in [0.25, 0.3) is 0 Å². The van der Waals surface area contributed by atoms with Crippen LogP contribution < -0.4 is 11.1 Å². The summed E-state index contributed by atoms with van der Waals surface area (Å²) in [6.45, 7) is -0.0690. The third-order valence-electron chi connectivity index (χ3n) is 3.85. The van der Waals surface area contributed by atoms with Crippen LogP contribution in [0.4, 0.5) is 0 Å². The molecule has 0 spiro atoms. The Hall–Kier alpha value is -2.74. The maximum Gasteiger partial charge on any atom is 0.262 e. The molecule has 0 unspecified atom stereocenters. The van der Waals surface area contributed by atoms with E-state index in [1.54, 1.807) is 24.3 Å². The lowest BCUT2D eigenvalue weighted by atomic mass is 9.92. The third-order valence-corrected chi connectivity index (χ3v) is 3.85. The zero-order valence-electron chi connectivity index (χ0n) is 12.2. The highest BCUT2D eigenvalue weighted by Crippen LogP contribution is 2.23. The van der Waals surface area contributed by atoms with E-state index in [2.05, 4.69) is 5.32 Å². The second-order valence-electron chi connectivity index (χ2n) is 5.71. The molecular weight excluding hydrogens is 302 g/mol. The Balaban J connectivity index is 1.68. The van der Waals surface area contributed by atoms with Crippen molar-refractivity contribution in [3.8, 4) is 0 Å². The Morgan fingerprint density at radius 2 is 1.74 bits per heavy atom. The number of rotatable bonds is 5. The highest BCUT2D eigenvalue weighted by molar-refractivity contribution is 6.22. The number of benzene rings is 1. The Labute approximate surface area is 131 Å². The van der Waals surface area contributed by atoms with Crippen LogP contribution in [0.2, 0.25) is 0 Å². The fourth-order valence-corrected chi connectivity index (χ4v) is 2.76. The second-order valence-corrected chi connectivity index (χ2v) is 5.71. The number of amides is 4. The minimum absolute atomic E-state index is 0.0547. The number of nitrogens with one attached hydrogen (secondary N) is 1. The first-order valence-corrected chi connectivity index (χ1v) is 7.04.